The number of urea groups is 1. The standard InChI is InChI=1S/C18H25N3O5/c1-12(2)10-14(17(24)25)20-15(22)11-21(18(19)26)16(23)9-8-13-6-4-3-5-7-13/h3-7,12,14H,8-11H2,1-2H3,(H2,19,26)(H,20,22)(H,24,25)/t14-/m0/s1. The fourth-order valence-corrected chi connectivity index (χ4v) is 2.40. The third-order valence-electron chi connectivity index (χ3n) is 3.68. The van der Waals surface area contributed by atoms with Gasteiger partial charge in [-0.2, -0.15) is 0 Å². The second kappa shape index (κ2) is 10.2. The average Bonchev–Trinajstić information content (AvgIpc) is 2.57. The molecule has 0 aliphatic rings. The lowest BCUT2D eigenvalue weighted by atomic mass is 10.0. The lowest BCUT2D eigenvalue weighted by molar-refractivity contribution is -0.142. The number of hydrogen-bond acceptors (Lipinski definition) is 4. The van der Waals surface area contributed by atoms with Crippen molar-refractivity contribution < 1.29 is 24.3 Å². The van der Waals surface area contributed by atoms with Crippen molar-refractivity contribution in [3.05, 3.63) is 35.9 Å². The first-order chi connectivity index (χ1) is 12.2. The van der Waals surface area contributed by atoms with E-state index in [1.807, 2.05) is 44.2 Å². The second-order valence-corrected chi connectivity index (χ2v) is 6.39. The van der Waals surface area contributed by atoms with Crippen LogP contribution in [0.2, 0.25) is 0 Å². The number of carbonyl (C=O) groups excluding carboxylic acids is 3. The number of nitrogens with zero attached hydrogens (tertiary/aromatic N) is 1. The number of amides is 4. The molecule has 0 aliphatic heterocycles. The van der Waals surface area contributed by atoms with Gasteiger partial charge in [-0.15, -0.1) is 0 Å². The Labute approximate surface area is 152 Å². The van der Waals surface area contributed by atoms with Crippen molar-refractivity contribution in [3.63, 3.8) is 0 Å². The number of hydrogen-bond donors (Lipinski definition) is 3. The summed E-state index contributed by atoms with van der Waals surface area (Å²) in [6.07, 6.45) is 0.643. The van der Waals surface area contributed by atoms with Gasteiger partial charge in [-0.25, -0.2) is 9.59 Å². The van der Waals surface area contributed by atoms with E-state index in [0.717, 1.165) is 5.56 Å². The number of carboxylic acid groups (broad SMARTS) is 1. The van der Waals surface area contributed by atoms with Crippen LogP contribution in [-0.2, 0) is 20.8 Å². The Morgan fingerprint density at radius 1 is 1.15 bits per heavy atom. The number of nitrogens with two attached hydrogens (primary N) is 1. The van der Waals surface area contributed by atoms with Gasteiger partial charge in [0.15, 0.2) is 0 Å². The molecule has 0 heterocycles. The molecule has 0 unspecified atom stereocenters. The first-order valence-corrected chi connectivity index (χ1v) is 8.36. The van der Waals surface area contributed by atoms with Crippen LogP contribution in [0.1, 0.15) is 32.3 Å². The van der Waals surface area contributed by atoms with E-state index in [4.69, 9.17) is 10.8 Å². The molecule has 0 saturated carbocycles. The first kappa shape index (κ1) is 21.1. The molecule has 8 heteroatoms. The lowest BCUT2D eigenvalue weighted by Crippen LogP contribution is -2.50. The maximum absolute atomic E-state index is 12.2. The van der Waals surface area contributed by atoms with Crippen molar-refractivity contribution in [2.45, 2.75) is 39.2 Å². The van der Waals surface area contributed by atoms with Gasteiger partial charge in [0, 0.05) is 6.42 Å². The number of rotatable bonds is 9. The summed E-state index contributed by atoms with van der Waals surface area (Å²) in [6, 6.07) is 7.07. The van der Waals surface area contributed by atoms with Gasteiger partial charge in [0.2, 0.25) is 11.8 Å². The number of benzene rings is 1. The lowest BCUT2D eigenvalue weighted by Gasteiger charge is -2.21. The Bertz CT molecular complexity index is 645. The maximum atomic E-state index is 12.2. The van der Waals surface area contributed by atoms with E-state index in [9.17, 15) is 19.2 Å². The van der Waals surface area contributed by atoms with Gasteiger partial charge >= 0.3 is 12.0 Å². The monoisotopic (exact) mass is 363 g/mol. The summed E-state index contributed by atoms with van der Waals surface area (Å²) in [4.78, 5) is 47.6. The Hall–Kier alpha value is -2.90. The number of aryl methyl sites for hydroxylation is 1. The third kappa shape index (κ3) is 7.33. The Morgan fingerprint density at radius 3 is 2.27 bits per heavy atom. The molecule has 1 aromatic rings. The molecular formula is C18H25N3O5. The Balaban J connectivity index is 2.65. The number of imide groups is 1. The van der Waals surface area contributed by atoms with E-state index in [-0.39, 0.29) is 18.8 Å². The molecule has 0 aromatic heterocycles. The number of aliphatic carboxylic acids is 1. The fraction of sp³-hybridized carbons (Fsp3) is 0.444. The molecule has 0 spiro atoms. The maximum Gasteiger partial charge on any atom is 0.326 e. The predicted molar refractivity (Wildman–Crippen MR) is 95.1 cm³/mol. The molecule has 1 aromatic carbocycles. The van der Waals surface area contributed by atoms with Crippen LogP contribution >= 0.6 is 0 Å². The quantitative estimate of drug-likeness (QED) is 0.606. The Morgan fingerprint density at radius 2 is 1.77 bits per heavy atom. The minimum atomic E-state index is -1.17. The largest absolute Gasteiger partial charge is 0.480 e. The van der Waals surface area contributed by atoms with Crippen LogP contribution in [0, 0.1) is 5.92 Å². The van der Waals surface area contributed by atoms with Crippen molar-refractivity contribution in [2.75, 3.05) is 6.54 Å². The summed E-state index contributed by atoms with van der Waals surface area (Å²) in [5.74, 6) is -2.46. The number of nitrogens with one attached hydrogen (secondary N) is 1. The zero-order chi connectivity index (χ0) is 19.7. The predicted octanol–water partition coefficient (Wildman–Crippen LogP) is 1.14. The highest BCUT2D eigenvalue weighted by molar-refractivity contribution is 5.98. The minimum Gasteiger partial charge on any atom is -0.480 e. The molecule has 0 fully saturated rings. The average molecular weight is 363 g/mol. The highest BCUT2D eigenvalue weighted by atomic mass is 16.4. The fourth-order valence-electron chi connectivity index (χ4n) is 2.40. The summed E-state index contributed by atoms with van der Waals surface area (Å²) in [7, 11) is 0. The molecule has 0 aliphatic carbocycles. The number of carbonyl (C=O) groups is 4. The molecule has 1 rings (SSSR count). The summed E-state index contributed by atoms with van der Waals surface area (Å²) in [5, 5.41) is 11.5. The van der Waals surface area contributed by atoms with Gasteiger partial charge in [0.1, 0.15) is 12.6 Å². The molecule has 1 atom stereocenters. The highest BCUT2D eigenvalue weighted by Crippen LogP contribution is 2.07. The highest BCUT2D eigenvalue weighted by Gasteiger charge is 2.25. The third-order valence-corrected chi connectivity index (χ3v) is 3.68. The van der Waals surface area contributed by atoms with Crippen LogP contribution in [-0.4, -0.2) is 46.4 Å². The van der Waals surface area contributed by atoms with Crippen LogP contribution in [0.3, 0.4) is 0 Å². The Kier molecular flexibility index (Phi) is 8.27. The van der Waals surface area contributed by atoms with E-state index in [2.05, 4.69) is 5.32 Å². The SMILES string of the molecule is CC(C)C[C@H](NC(=O)CN(C(N)=O)C(=O)CCc1ccccc1)C(=O)O. The molecular weight excluding hydrogens is 338 g/mol. The molecule has 0 saturated heterocycles. The second-order valence-electron chi connectivity index (χ2n) is 6.39. The van der Waals surface area contributed by atoms with Crippen LogP contribution in [0.5, 0.6) is 0 Å². The summed E-state index contributed by atoms with van der Waals surface area (Å²) in [5.41, 5.74) is 6.11. The van der Waals surface area contributed by atoms with Crippen molar-refractivity contribution >= 4 is 23.8 Å². The molecule has 142 valence electrons. The molecule has 26 heavy (non-hydrogen) atoms. The van der Waals surface area contributed by atoms with Gasteiger partial charge in [-0.3, -0.25) is 14.5 Å². The van der Waals surface area contributed by atoms with Crippen molar-refractivity contribution in [3.8, 4) is 0 Å². The van der Waals surface area contributed by atoms with Gasteiger partial charge < -0.3 is 16.2 Å². The van der Waals surface area contributed by atoms with Gasteiger partial charge in [0.25, 0.3) is 0 Å². The van der Waals surface area contributed by atoms with Crippen molar-refractivity contribution in [1.29, 1.82) is 0 Å². The van der Waals surface area contributed by atoms with E-state index >= 15 is 0 Å². The van der Waals surface area contributed by atoms with Crippen LogP contribution in [0.15, 0.2) is 30.3 Å². The zero-order valence-electron chi connectivity index (χ0n) is 15.0. The smallest absolute Gasteiger partial charge is 0.326 e. The van der Waals surface area contributed by atoms with Crippen LogP contribution in [0.25, 0.3) is 0 Å². The molecule has 0 bridgehead atoms. The van der Waals surface area contributed by atoms with E-state index in [1.165, 1.54) is 0 Å². The van der Waals surface area contributed by atoms with Gasteiger partial charge in [0.05, 0.1) is 0 Å². The van der Waals surface area contributed by atoms with Crippen molar-refractivity contribution in [1.82, 2.24) is 10.2 Å². The molecule has 4 N–H and O–H groups in total. The summed E-state index contributed by atoms with van der Waals surface area (Å²) in [6.45, 7) is 3.04. The molecule has 0 radical (unpaired) electrons. The van der Waals surface area contributed by atoms with Gasteiger partial charge in [-0.1, -0.05) is 44.2 Å². The number of primary amides is 1. The minimum absolute atomic E-state index is 0.00852. The molecule has 8 nitrogen and oxygen atoms in total. The normalized spacial score (nSPS) is 11.7. The summed E-state index contributed by atoms with van der Waals surface area (Å²) >= 11 is 0. The summed E-state index contributed by atoms with van der Waals surface area (Å²) < 4.78 is 0. The first-order valence-electron chi connectivity index (χ1n) is 8.36. The van der Waals surface area contributed by atoms with Crippen LogP contribution < -0.4 is 11.1 Å². The molecule has 4 amide bonds. The van der Waals surface area contributed by atoms with E-state index in [0.29, 0.717) is 11.3 Å². The topological polar surface area (TPSA) is 130 Å². The van der Waals surface area contributed by atoms with Gasteiger partial charge in [-0.05, 0) is 24.3 Å². The number of carboxylic acids is 1. The van der Waals surface area contributed by atoms with Crippen molar-refractivity contribution in [2.24, 2.45) is 11.7 Å². The van der Waals surface area contributed by atoms with E-state index in [1.54, 1.807) is 0 Å². The van der Waals surface area contributed by atoms with E-state index < -0.39 is 36.4 Å². The van der Waals surface area contributed by atoms with Crippen LogP contribution in [0.4, 0.5) is 4.79 Å². The zero-order valence-corrected chi connectivity index (χ0v) is 15.0.